The third-order valence-corrected chi connectivity index (χ3v) is 3.48. The van der Waals surface area contributed by atoms with Crippen molar-refractivity contribution in [2.75, 3.05) is 6.61 Å². The second-order valence-corrected chi connectivity index (χ2v) is 4.87. The lowest BCUT2D eigenvalue weighted by Crippen LogP contribution is -2.45. The number of carbonyl (C=O) groups is 2. The van der Waals surface area contributed by atoms with Gasteiger partial charge in [-0.25, -0.2) is 4.39 Å². The molecule has 1 N–H and O–H groups in total. The highest BCUT2D eigenvalue weighted by atomic mass is 19.1. The molecule has 1 atom stereocenters. The molecule has 0 spiro atoms. The van der Waals surface area contributed by atoms with Crippen molar-refractivity contribution in [3.8, 4) is 0 Å². The van der Waals surface area contributed by atoms with Gasteiger partial charge in [0.2, 0.25) is 0 Å². The van der Waals surface area contributed by atoms with Gasteiger partial charge in [-0.05, 0) is 19.4 Å². The predicted molar refractivity (Wildman–Crippen MR) is 76.5 cm³/mol. The summed E-state index contributed by atoms with van der Waals surface area (Å²) >= 11 is 0. The summed E-state index contributed by atoms with van der Waals surface area (Å²) in [5.41, 5.74) is -2.11. The van der Waals surface area contributed by atoms with E-state index < -0.39 is 23.2 Å². The van der Waals surface area contributed by atoms with Gasteiger partial charge in [-0.3, -0.25) is 9.59 Å². The van der Waals surface area contributed by atoms with Gasteiger partial charge < -0.3 is 9.84 Å². The summed E-state index contributed by atoms with van der Waals surface area (Å²) in [6, 6.07) is 5.48. The van der Waals surface area contributed by atoms with Gasteiger partial charge in [-0.1, -0.05) is 44.4 Å². The van der Waals surface area contributed by atoms with Gasteiger partial charge in [-0.15, -0.1) is 0 Å². The number of esters is 1. The Kier molecular flexibility index (Phi) is 6.34. The van der Waals surface area contributed by atoms with Gasteiger partial charge in [0.25, 0.3) is 0 Å². The highest BCUT2D eigenvalue weighted by molar-refractivity contribution is 6.05. The van der Waals surface area contributed by atoms with Crippen LogP contribution in [0.5, 0.6) is 0 Å². The van der Waals surface area contributed by atoms with E-state index in [0.717, 1.165) is 18.9 Å². The zero-order chi connectivity index (χ0) is 15.9. The van der Waals surface area contributed by atoms with Crippen LogP contribution in [0.25, 0.3) is 0 Å². The van der Waals surface area contributed by atoms with Crippen LogP contribution in [0.4, 0.5) is 4.39 Å². The number of hydrogen-bond donors (Lipinski definition) is 1. The summed E-state index contributed by atoms with van der Waals surface area (Å²) in [5, 5.41) is 9.63. The van der Waals surface area contributed by atoms with E-state index >= 15 is 0 Å². The fourth-order valence-corrected chi connectivity index (χ4v) is 2.36. The van der Waals surface area contributed by atoms with Crippen molar-refractivity contribution >= 4 is 11.9 Å². The minimum atomic E-state index is -1.98. The largest absolute Gasteiger partial charge is 0.480 e. The molecular weight excluding hydrogens is 275 g/mol. The van der Waals surface area contributed by atoms with Crippen LogP contribution in [0.2, 0.25) is 0 Å². The Hall–Kier alpha value is -1.91. The average Bonchev–Trinajstić information content (AvgIpc) is 2.44. The van der Waals surface area contributed by atoms with Crippen LogP contribution in [0.15, 0.2) is 24.3 Å². The molecule has 0 heterocycles. The highest BCUT2D eigenvalue weighted by Crippen LogP contribution is 2.34. The Labute approximate surface area is 123 Å². The molecule has 0 aliphatic carbocycles. The number of hydrogen-bond acceptors (Lipinski definition) is 3. The molecule has 1 aromatic carbocycles. The maximum absolute atomic E-state index is 14.1. The number of unbranched alkanes of at least 4 members (excludes halogenated alkanes) is 2. The van der Waals surface area contributed by atoms with E-state index in [-0.39, 0.29) is 18.6 Å². The van der Waals surface area contributed by atoms with E-state index in [9.17, 15) is 19.1 Å². The molecule has 1 aromatic rings. The molecule has 5 heteroatoms. The number of carboxylic acids is 1. The monoisotopic (exact) mass is 296 g/mol. The molecule has 0 aromatic heterocycles. The van der Waals surface area contributed by atoms with Crippen LogP contribution in [-0.2, 0) is 19.7 Å². The summed E-state index contributed by atoms with van der Waals surface area (Å²) in [6.07, 6.45) is 2.17. The molecule has 0 fully saturated rings. The van der Waals surface area contributed by atoms with Crippen LogP contribution in [-0.4, -0.2) is 23.7 Å². The number of carboxylic acid groups (broad SMARTS) is 1. The maximum atomic E-state index is 14.1. The first-order valence-electron chi connectivity index (χ1n) is 7.16. The molecule has 0 aliphatic rings. The molecule has 116 valence electrons. The lowest BCUT2D eigenvalue weighted by Gasteiger charge is -2.28. The Balaban J connectivity index is 3.33. The maximum Gasteiger partial charge on any atom is 0.328 e. The lowest BCUT2D eigenvalue weighted by molar-refractivity contribution is -0.162. The van der Waals surface area contributed by atoms with Crippen LogP contribution >= 0.6 is 0 Å². The fraction of sp³-hybridized carbons (Fsp3) is 0.500. The molecule has 0 aliphatic heterocycles. The molecule has 0 saturated carbocycles. The Morgan fingerprint density at radius 2 is 1.90 bits per heavy atom. The molecule has 0 bridgehead atoms. The van der Waals surface area contributed by atoms with Crippen LogP contribution < -0.4 is 0 Å². The van der Waals surface area contributed by atoms with E-state index in [2.05, 4.69) is 0 Å². The third kappa shape index (κ3) is 3.60. The summed E-state index contributed by atoms with van der Waals surface area (Å²) in [6.45, 7) is 3.61. The summed E-state index contributed by atoms with van der Waals surface area (Å²) in [7, 11) is 0. The summed E-state index contributed by atoms with van der Waals surface area (Å²) < 4.78 is 19.0. The van der Waals surface area contributed by atoms with Crippen LogP contribution in [0.1, 0.15) is 45.1 Å². The Morgan fingerprint density at radius 3 is 2.43 bits per heavy atom. The van der Waals surface area contributed by atoms with Crippen LogP contribution in [0.3, 0.4) is 0 Å². The topological polar surface area (TPSA) is 63.6 Å². The molecule has 0 radical (unpaired) electrons. The first-order chi connectivity index (χ1) is 10.0. The van der Waals surface area contributed by atoms with E-state index in [1.807, 2.05) is 6.92 Å². The number of benzene rings is 1. The van der Waals surface area contributed by atoms with Gasteiger partial charge in [0.15, 0.2) is 5.41 Å². The van der Waals surface area contributed by atoms with E-state index in [1.165, 1.54) is 18.2 Å². The molecule has 0 amide bonds. The van der Waals surface area contributed by atoms with Crippen molar-refractivity contribution in [3.63, 3.8) is 0 Å². The molecular formula is C16H21FO4. The molecule has 4 nitrogen and oxygen atoms in total. The van der Waals surface area contributed by atoms with E-state index in [1.54, 1.807) is 6.92 Å². The van der Waals surface area contributed by atoms with Crippen molar-refractivity contribution in [1.82, 2.24) is 0 Å². The van der Waals surface area contributed by atoms with E-state index in [0.29, 0.717) is 6.42 Å². The smallest absolute Gasteiger partial charge is 0.328 e. The quantitative estimate of drug-likeness (QED) is 0.454. The van der Waals surface area contributed by atoms with E-state index in [4.69, 9.17) is 4.74 Å². The second-order valence-electron chi connectivity index (χ2n) is 4.87. The Bertz CT molecular complexity index is 501. The van der Waals surface area contributed by atoms with Crippen molar-refractivity contribution < 1.29 is 23.8 Å². The summed E-state index contributed by atoms with van der Waals surface area (Å²) in [4.78, 5) is 24.1. The van der Waals surface area contributed by atoms with Crippen molar-refractivity contribution in [1.29, 1.82) is 0 Å². The number of halogens is 1. The normalized spacial score (nSPS) is 13.5. The third-order valence-electron chi connectivity index (χ3n) is 3.48. The van der Waals surface area contributed by atoms with Crippen molar-refractivity contribution in [2.24, 2.45) is 0 Å². The first-order valence-corrected chi connectivity index (χ1v) is 7.16. The molecule has 0 saturated heterocycles. The average molecular weight is 296 g/mol. The van der Waals surface area contributed by atoms with Gasteiger partial charge in [0.1, 0.15) is 5.82 Å². The standard InChI is InChI=1S/C16H21FO4/c1-3-5-8-11-16(14(18)19,15(20)21-4-2)12-9-6-7-10-13(12)17/h6-7,9-10H,3-5,8,11H2,1-2H3,(H,18,19). The van der Waals surface area contributed by atoms with Gasteiger partial charge in [-0.2, -0.15) is 0 Å². The number of rotatable bonds is 8. The predicted octanol–water partition coefficient (Wildman–Crippen LogP) is 3.29. The second kappa shape index (κ2) is 7.76. The molecule has 1 rings (SSSR count). The molecule has 1 unspecified atom stereocenters. The zero-order valence-corrected chi connectivity index (χ0v) is 12.4. The number of carbonyl (C=O) groups excluding carboxylic acids is 1. The minimum absolute atomic E-state index is 0.0237. The SMILES string of the molecule is CCCCCC(C(=O)O)(C(=O)OCC)c1ccccc1F. The highest BCUT2D eigenvalue weighted by Gasteiger charge is 2.50. The first kappa shape index (κ1) is 17.1. The lowest BCUT2D eigenvalue weighted by atomic mass is 9.76. The van der Waals surface area contributed by atoms with Gasteiger partial charge >= 0.3 is 11.9 Å². The Morgan fingerprint density at radius 1 is 1.24 bits per heavy atom. The summed E-state index contributed by atoms with van der Waals surface area (Å²) in [5.74, 6) is -2.98. The van der Waals surface area contributed by atoms with Crippen LogP contribution in [0, 0.1) is 5.82 Å². The minimum Gasteiger partial charge on any atom is -0.480 e. The number of ether oxygens (including phenoxy) is 1. The van der Waals surface area contributed by atoms with Crippen molar-refractivity contribution in [3.05, 3.63) is 35.6 Å². The van der Waals surface area contributed by atoms with Crippen molar-refractivity contribution in [2.45, 2.75) is 44.9 Å². The fourth-order valence-electron chi connectivity index (χ4n) is 2.36. The van der Waals surface area contributed by atoms with Gasteiger partial charge in [0, 0.05) is 5.56 Å². The van der Waals surface area contributed by atoms with Gasteiger partial charge in [0.05, 0.1) is 6.61 Å². The molecule has 21 heavy (non-hydrogen) atoms. The zero-order valence-electron chi connectivity index (χ0n) is 12.4. The number of aliphatic carboxylic acids is 1.